The van der Waals surface area contributed by atoms with E-state index in [-0.39, 0.29) is 5.78 Å². The van der Waals surface area contributed by atoms with Crippen molar-refractivity contribution in [3.05, 3.63) is 22.4 Å². The minimum absolute atomic E-state index is 0.00463. The van der Waals surface area contributed by atoms with Crippen molar-refractivity contribution in [1.82, 2.24) is 9.59 Å². The van der Waals surface area contributed by atoms with Crippen LogP contribution in [0.1, 0.15) is 21.8 Å². The fourth-order valence-electron chi connectivity index (χ4n) is 1.14. The van der Waals surface area contributed by atoms with E-state index in [1.54, 1.807) is 6.92 Å². The van der Waals surface area contributed by atoms with Crippen molar-refractivity contribution in [1.29, 1.82) is 0 Å². The van der Waals surface area contributed by atoms with Crippen molar-refractivity contribution in [3.63, 3.8) is 0 Å². The van der Waals surface area contributed by atoms with Gasteiger partial charge < -0.3 is 4.74 Å². The average Bonchev–Trinajstić information content (AvgIpc) is 2.72. The van der Waals surface area contributed by atoms with Crippen LogP contribution < -0.4 is 0 Å². The van der Waals surface area contributed by atoms with Crippen LogP contribution in [-0.4, -0.2) is 22.0 Å². The Hall–Kier alpha value is -1.23. The number of aryl methyl sites for hydroxylation is 1. The molecule has 0 saturated carbocycles. The molecular weight excluding hydrogens is 188 g/mol. The van der Waals surface area contributed by atoms with Crippen LogP contribution in [-0.2, 0) is 4.74 Å². The summed E-state index contributed by atoms with van der Waals surface area (Å²) in [4.78, 5) is 12.3. The normalized spacial score (nSPS) is 15.3. The van der Waals surface area contributed by atoms with E-state index in [1.165, 1.54) is 6.26 Å². The first-order chi connectivity index (χ1) is 6.29. The van der Waals surface area contributed by atoms with Gasteiger partial charge in [-0.3, -0.25) is 4.79 Å². The molecule has 0 N–H and O–H groups in total. The van der Waals surface area contributed by atoms with Crippen LogP contribution in [0.25, 0.3) is 0 Å². The van der Waals surface area contributed by atoms with Gasteiger partial charge in [0.2, 0.25) is 5.78 Å². The Kier molecular flexibility index (Phi) is 2.10. The van der Waals surface area contributed by atoms with Crippen LogP contribution in [0.4, 0.5) is 0 Å². The zero-order valence-corrected chi connectivity index (χ0v) is 7.93. The molecule has 0 amide bonds. The predicted octanol–water partition coefficient (Wildman–Crippen LogP) is 1.33. The fourth-order valence-corrected chi connectivity index (χ4v) is 1.77. The summed E-state index contributed by atoms with van der Waals surface area (Å²) in [6.45, 7) is 2.39. The van der Waals surface area contributed by atoms with Gasteiger partial charge in [0.15, 0.2) is 0 Å². The van der Waals surface area contributed by atoms with E-state index >= 15 is 0 Å². The second kappa shape index (κ2) is 3.26. The quantitative estimate of drug-likeness (QED) is 0.670. The Morgan fingerprint density at radius 2 is 2.54 bits per heavy atom. The van der Waals surface area contributed by atoms with Crippen molar-refractivity contribution < 1.29 is 9.53 Å². The van der Waals surface area contributed by atoms with Crippen molar-refractivity contribution in [2.75, 3.05) is 6.61 Å². The molecule has 0 atom stereocenters. The molecule has 0 radical (unpaired) electrons. The summed E-state index contributed by atoms with van der Waals surface area (Å²) in [5, 5.41) is 3.79. The van der Waals surface area contributed by atoms with Crippen LogP contribution >= 0.6 is 11.5 Å². The number of rotatable bonds is 2. The van der Waals surface area contributed by atoms with Crippen molar-refractivity contribution in [2.45, 2.75) is 13.3 Å². The predicted molar refractivity (Wildman–Crippen MR) is 47.6 cm³/mol. The van der Waals surface area contributed by atoms with Crippen molar-refractivity contribution in [2.24, 2.45) is 0 Å². The van der Waals surface area contributed by atoms with E-state index in [0.29, 0.717) is 29.2 Å². The minimum Gasteiger partial charge on any atom is -0.500 e. The third kappa shape index (κ3) is 1.47. The zero-order chi connectivity index (χ0) is 9.26. The number of aromatic nitrogens is 2. The molecule has 0 aliphatic carbocycles. The summed E-state index contributed by atoms with van der Waals surface area (Å²) in [5.74, 6) is 0.00463. The molecule has 1 aromatic heterocycles. The molecule has 1 aliphatic heterocycles. The van der Waals surface area contributed by atoms with Gasteiger partial charge in [0.05, 0.1) is 18.6 Å². The molecule has 13 heavy (non-hydrogen) atoms. The monoisotopic (exact) mass is 196 g/mol. The molecule has 0 fully saturated rings. The maximum Gasteiger partial charge on any atom is 0.205 e. The standard InChI is InChI=1S/C8H8N2O2S/c1-5-8(13-10-9-5)7(11)6-2-3-12-4-6/h4H,2-3H2,1H3. The molecule has 0 bridgehead atoms. The van der Waals surface area contributed by atoms with E-state index in [9.17, 15) is 4.79 Å². The molecule has 0 saturated heterocycles. The van der Waals surface area contributed by atoms with Crippen molar-refractivity contribution >= 4 is 17.3 Å². The maximum absolute atomic E-state index is 11.7. The highest BCUT2D eigenvalue weighted by Gasteiger charge is 2.20. The number of ketones is 1. The van der Waals surface area contributed by atoms with Gasteiger partial charge in [0.25, 0.3) is 0 Å². The second-order valence-corrected chi connectivity index (χ2v) is 3.53. The van der Waals surface area contributed by atoms with E-state index < -0.39 is 0 Å². The van der Waals surface area contributed by atoms with Crippen LogP contribution in [0, 0.1) is 6.92 Å². The molecule has 1 aliphatic rings. The van der Waals surface area contributed by atoms with Crippen LogP contribution in [0.2, 0.25) is 0 Å². The summed E-state index contributed by atoms with van der Waals surface area (Å²) < 4.78 is 8.71. The average molecular weight is 196 g/mol. The molecule has 2 rings (SSSR count). The Morgan fingerprint density at radius 1 is 1.69 bits per heavy atom. The summed E-state index contributed by atoms with van der Waals surface area (Å²) >= 11 is 1.14. The zero-order valence-electron chi connectivity index (χ0n) is 7.11. The largest absolute Gasteiger partial charge is 0.500 e. The number of hydrogen-bond donors (Lipinski definition) is 0. The lowest BCUT2D eigenvalue weighted by molar-refractivity contribution is 0.103. The van der Waals surface area contributed by atoms with Gasteiger partial charge in [-0.1, -0.05) is 4.49 Å². The summed E-state index contributed by atoms with van der Waals surface area (Å²) in [6, 6.07) is 0. The third-order valence-electron chi connectivity index (χ3n) is 1.86. The Morgan fingerprint density at radius 3 is 3.08 bits per heavy atom. The lowest BCUT2D eigenvalue weighted by atomic mass is 10.1. The second-order valence-electron chi connectivity index (χ2n) is 2.78. The van der Waals surface area contributed by atoms with E-state index in [0.717, 1.165) is 11.5 Å². The lowest BCUT2D eigenvalue weighted by Gasteiger charge is -1.94. The molecule has 0 unspecified atom stereocenters. The Bertz CT molecular complexity index is 370. The van der Waals surface area contributed by atoms with Gasteiger partial charge in [0, 0.05) is 12.0 Å². The first-order valence-corrected chi connectivity index (χ1v) is 4.70. The first-order valence-electron chi connectivity index (χ1n) is 3.93. The van der Waals surface area contributed by atoms with Gasteiger partial charge in [-0.2, -0.15) is 0 Å². The number of carbonyl (C=O) groups is 1. The van der Waals surface area contributed by atoms with E-state index in [1.807, 2.05) is 0 Å². The van der Waals surface area contributed by atoms with E-state index in [4.69, 9.17) is 4.74 Å². The van der Waals surface area contributed by atoms with Gasteiger partial charge in [-0.05, 0) is 18.5 Å². The van der Waals surface area contributed by atoms with Gasteiger partial charge in [0.1, 0.15) is 4.88 Å². The maximum atomic E-state index is 11.7. The summed E-state index contributed by atoms with van der Waals surface area (Å²) in [7, 11) is 0. The molecule has 5 heteroatoms. The van der Waals surface area contributed by atoms with Crippen LogP contribution in [0.5, 0.6) is 0 Å². The number of hydrogen-bond acceptors (Lipinski definition) is 5. The number of carbonyl (C=O) groups excluding carboxylic acids is 1. The smallest absolute Gasteiger partial charge is 0.205 e. The molecule has 1 aromatic rings. The highest BCUT2D eigenvalue weighted by atomic mass is 32.1. The molecule has 4 nitrogen and oxygen atoms in total. The van der Waals surface area contributed by atoms with Crippen LogP contribution in [0.3, 0.4) is 0 Å². The number of ether oxygens (including phenoxy) is 1. The topological polar surface area (TPSA) is 52.1 Å². The van der Waals surface area contributed by atoms with Gasteiger partial charge in [-0.15, -0.1) is 5.10 Å². The minimum atomic E-state index is 0.00463. The molecule has 0 spiro atoms. The first kappa shape index (κ1) is 8.37. The Balaban J connectivity index is 2.27. The highest BCUT2D eigenvalue weighted by molar-refractivity contribution is 7.08. The molecular formula is C8H8N2O2S. The van der Waals surface area contributed by atoms with Gasteiger partial charge in [-0.25, -0.2) is 0 Å². The van der Waals surface area contributed by atoms with E-state index in [2.05, 4.69) is 9.59 Å². The molecule has 2 heterocycles. The molecule has 0 aromatic carbocycles. The lowest BCUT2D eigenvalue weighted by Crippen LogP contribution is -2.01. The van der Waals surface area contributed by atoms with Gasteiger partial charge >= 0.3 is 0 Å². The third-order valence-corrected chi connectivity index (χ3v) is 2.69. The highest BCUT2D eigenvalue weighted by Crippen LogP contribution is 2.20. The van der Waals surface area contributed by atoms with Crippen LogP contribution in [0.15, 0.2) is 11.8 Å². The number of nitrogens with zero attached hydrogens (tertiary/aromatic N) is 2. The molecule has 68 valence electrons. The number of Topliss-reactive ketones (excluding diaryl/α,β-unsaturated/α-hetero) is 1. The van der Waals surface area contributed by atoms with Crippen molar-refractivity contribution in [3.8, 4) is 0 Å². The summed E-state index contributed by atoms with van der Waals surface area (Å²) in [6.07, 6.45) is 2.22. The Labute approximate surface area is 79.4 Å². The SMILES string of the molecule is Cc1nnsc1C(=O)C1=COCC1. The summed E-state index contributed by atoms with van der Waals surface area (Å²) in [5.41, 5.74) is 1.41. The fraction of sp³-hybridized carbons (Fsp3) is 0.375.